The molecule has 1 fully saturated rings. The van der Waals surface area contributed by atoms with Gasteiger partial charge in [0.2, 0.25) is 5.91 Å². The fourth-order valence-electron chi connectivity index (χ4n) is 1.36. The number of thioether (sulfide) groups is 1. The second-order valence-electron chi connectivity index (χ2n) is 4.10. The lowest BCUT2D eigenvalue weighted by atomic mass is 10.0. The molecule has 1 unspecified atom stereocenters. The van der Waals surface area contributed by atoms with Gasteiger partial charge in [0.25, 0.3) is 0 Å². The van der Waals surface area contributed by atoms with Crippen LogP contribution >= 0.6 is 11.8 Å². The van der Waals surface area contributed by atoms with E-state index in [0.717, 1.165) is 18.6 Å². The molecule has 1 aliphatic rings. The van der Waals surface area contributed by atoms with Gasteiger partial charge >= 0.3 is 0 Å². The van der Waals surface area contributed by atoms with Gasteiger partial charge in [0.05, 0.1) is 10.8 Å². The summed E-state index contributed by atoms with van der Waals surface area (Å²) in [6.45, 7) is 3.42. The number of nitrogens with two attached hydrogens (primary N) is 1. The minimum absolute atomic E-state index is 0.00997. The normalized spacial score (nSPS) is 22.8. The van der Waals surface area contributed by atoms with Crippen molar-refractivity contribution >= 4 is 23.5 Å². The van der Waals surface area contributed by atoms with Crippen LogP contribution in [-0.4, -0.2) is 33.5 Å². The van der Waals surface area contributed by atoms with E-state index in [1.807, 2.05) is 0 Å². The Morgan fingerprint density at radius 2 is 2.33 bits per heavy atom. The lowest BCUT2D eigenvalue weighted by Gasteiger charge is -2.25. The van der Waals surface area contributed by atoms with Crippen molar-refractivity contribution in [2.75, 3.05) is 5.75 Å². The monoisotopic (exact) mass is 231 g/mol. The van der Waals surface area contributed by atoms with Crippen LogP contribution in [0, 0.1) is 0 Å². The predicted octanol–water partition coefficient (Wildman–Crippen LogP) is 0.523. The van der Waals surface area contributed by atoms with Gasteiger partial charge in [-0.25, -0.2) is 0 Å². The zero-order chi connectivity index (χ0) is 11.5. The average molecular weight is 231 g/mol. The molecule has 0 saturated carbocycles. The minimum atomic E-state index is -0.797. The van der Waals surface area contributed by atoms with Crippen LogP contribution in [0.3, 0.4) is 0 Å². The fraction of sp³-hybridized carbons (Fsp3) is 0.778. The molecule has 0 bridgehead atoms. The number of hydrogen-bond donors (Lipinski definition) is 3. The number of hydrogen-bond acceptors (Lipinski definition) is 4. The Balaban J connectivity index is 2.56. The van der Waals surface area contributed by atoms with Gasteiger partial charge < -0.3 is 16.3 Å². The Hall–Kier alpha value is -0.910. The second kappa shape index (κ2) is 4.74. The quantitative estimate of drug-likeness (QED) is 0.286. The molecule has 5 nitrogen and oxygen atoms in total. The Morgan fingerprint density at radius 1 is 1.67 bits per heavy atom. The number of amides is 1. The zero-order valence-corrected chi connectivity index (χ0v) is 9.80. The van der Waals surface area contributed by atoms with Gasteiger partial charge in [0.15, 0.2) is 5.84 Å². The molecule has 6 heteroatoms. The first-order valence-electron chi connectivity index (χ1n) is 4.89. The molecule has 1 atom stereocenters. The standard InChI is InChI=1S/C9H17N3O2S/c1-9(2,8(10)12-14)11-7(13)6-4-3-5-15-6/h6,14H,3-5H2,1-2H3,(H2,10,12)(H,11,13). The van der Waals surface area contributed by atoms with Crippen LogP contribution in [0.4, 0.5) is 0 Å². The SMILES string of the molecule is CC(C)(NC(=O)C1CCCS1)C(N)=NO. The summed E-state index contributed by atoms with van der Waals surface area (Å²) in [5, 5.41) is 14.3. The summed E-state index contributed by atoms with van der Waals surface area (Å²) in [5.74, 6) is 1.01. The highest BCUT2D eigenvalue weighted by Gasteiger charge is 2.31. The molecular formula is C9H17N3O2S. The molecule has 1 heterocycles. The Morgan fingerprint density at radius 3 is 2.80 bits per heavy atom. The van der Waals surface area contributed by atoms with Crippen LogP contribution in [0.5, 0.6) is 0 Å². The van der Waals surface area contributed by atoms with Crippen molar-refractivity contribution in [3.8, 4) is 0 Å². The maximum atomic E-state index is 11.8. The van der Waals surface area contributed by atoms with Crippen LogP contribution in [0.2, 0.25) is 0 Å². The summed E-state index contributed by atoms with van der Waals surface area (Å²) < 4.78 is 0. The first kappa shape index (κ1) is 12.2. The molecule has 1 aliphatic heterocycles. The summed E-state index contributed by atoms with van der Waals surface area (Å²) in [6, 6.07) is 0. The maximum absolute atomic E-state index is 11.8. The molecule has 0 aromatic heterocycles. The molecule has 86 valence electrons. The molecule has 0 aromatic rings. The van der Waals surface area contributed by atoms with Gasteiger partial charge in [0.1, 0.15) is 0 Å². The summed E-state index contributed by atoms with van der Waals surface area (Å²) in [5.41, 5.74) is 4.68. The number of rotatable bonds is 3. The Kier molecular flexibility index (Phi) is 3.84. The highest BCUT2D eigenvalue weighted by Crippen LogP contribution is 2.26. The van der Waals surface area contributed by atoms with Crippen molar-refractivity contribution < 1.29 is 10.0 Å². The third kappa shape index (κ3) is 3.02. The van der Waals surface area contributed by atoms with Crippen LogP contribution < -0.4 is 11.1 Å². The van der Waals surface area contributed by atoms with Crippen LogP contribution in [0.25, 0.3) is 0 Å². The molecular weight excluding hydrogens is 214 g/mol. The van der Waals surface area contributed by atoms with E-state index in [0.29, 0.717) is 0 Å². The van der Waals surface area contributed by atoms with Gasteiger partial charge in [0, 0.05) is 0 Å². The number of oxime groups is 1. The summed E-state index contributed by atoms with van der Waals surface area (Å²) >= 11 is 1.66. The Bertz CT molecular complexity index is 273. The van der Waals surface area contributed by atoms with Crippen molar-refractivity contribution in [3.05, 3.63) is 0 Å². The molecule has 0 aliphatic carbocycles. The molecule has 4 N–H and O–H groups in total. The molecule has 1 saturated heterocycles. The highest BCUT2D eigenvalue weighted by atomic mass is 32.2. The Labute approximate surface area is 93.5 Å². The molecule has 15 heavy (non-hydrogen) atoms. The number of carbonyl (C=O) groups is 1. The van der Waals surface area contributed by atoms with Gasteiger partial charge in [-0.05, 0) is 32.4 Å². The minimum Gasteiger partial charge on any atom is -0.409 e. The van der Waals surface area contributed by atoms with Crippen molar-refractivity contribution in [1.29, 1.82) is 0 Å². The summed E-state index contributed by atoms with van der Waals surface area (Å²) in [4.78, 5) is 11.8. The van der Waals surface area contributed by atoms with Crippen LogP contribution in [0.1, 0.15) is 26.7 Å². The predicted molar refractivity (Wildman–Crippen MR) is 61.1 cm³/mol. The zero-order valence-electron chi connectivity index (χ0n) is 8.99. The molecule has 1 rings (SSSR count). The fourth-order valence-corrected chi connectivity index (χ4v) is 2.52. The van der Waals surface area contributed by atoms with Crippen LogP contribution in [-0.2, 0) is 4.79 Å². The van der Waals surface area contributed by atoms with Crippen molar-refractivity contribution in [3.63, 3.8) is 0 Å². The third-order valence-electron chi connectivity index (χ3n) is 2.41. The van der Waals surface area contributed by atoms with Gasteiger partial charge in [-0.3, -0.25) is 4.79 Å². The van der Waals surface area contributed by atoms with E-state index in [-0.39, 0.29) is 17.0 Å². The van der Waals surface area contributed by atoms with Crippen molar-refractivity contribution in [2.24, 2.45) is 10.9 Å². The van der Waals surface area contributed by atoms with Gasteiger partial charge in [-0.15, -0.1) is 11.8 Å². The van der Waals surface area contributed by atoms with Crippen molar-refractivity contribution in [1.82, 2.24) is 5.32 Å². The number of nitrogens with zero attached hydrogens (tertiary/aromatic N) is 1. The molecule has 0 spiro atoms. The number of nitrogens with one attached hydrogen (secondary N) is 1. The van der Waals surface area contributed by atoms with E-state index in [1.165, 1.54) is 0 Å². The van der Waals surface area contributed by atoms with E-state index in [2.05, 4.69) is 10.5 Å². The molecule has 0 radical (unpaired) electrons. The number of amidine groups is 1. The van der Waals surface area contributed by atoms with E-state index < -0.39 is 5.54 Å². The lowest BCUT2D eigenvalue weighted by molar-refractivity contribution is -0.121. The van der Waals surface area contributed by atoms with E-state index in [4.69, 9.17) is 10.9 Å². The first-order chi connectivity index (χ1) is 6.97. The van der Waals surface area contributed by atoms with Gasteiger partial charge in [-0.1, -0.05) is 5.16 Å². The summed E-state index contributed by atoms with van der Waals surface area (Å²) in [7, 11) is 0. The largest absolute Gasteiger partial charge is 0.409 e. The first-order valence-corrected chi connectivity index (χ1v) is 5.94. The van der Waals surface area contributed by atoms with Crippen LogP contribution in [0.15, 0.2) is 5.16 Å². The second-order valence-corrected chi connectivity index (χ2v) is 5.41. The molecule has 0 aromatic carbocycles. The topological polar surface area (TPSA) is 87.7 Å². The highest BCUT2D eigenvalue weighted by molar-refractivity contribution is 8.00. The van der Waals surface area contributed by atoms with E-state index in [9.17, 15) is 4.79 Å². The smallest absolute Gasteiger partial charge is 0.233 e. The van der Waals surface area contributed by atoms with Crippen molar-refractivity contribution in [2.45, 2.75) is 37.5 Å². The molecule has 1 amide bonds. The maximum Gasteiger partial charge on any atom is 0.233 e. The van der Waals surface area contributed by atoms with E-state index in [1.54, 1.807) is 25.6 Å². The summed E-state index contributed by atoms with van der Waals surface area (Å²) in [6.07, 6.45) is 1.98. The average Bonchev–Trinajstić information content (AvgIpc) is 2.68. The lowest BCUT2D eigenvalue weighted by Crippen LogP contribution is -2.54. The number of carbonyl (C=O) groups excluding carboxylic acids is 1. The van der Waals surface area contributed by atoms with E-state index >= 15 is 0 Å². The third-order valence-corrected chi connectivity index (χ3v) is 3.78. The van der Waals surface area contributed by atoms with Gasteiger partial charge in [-0.2, -0.15) is 0 Å².